The Bertz CT molecular complexity index is 459. The standard InChI is InChI=1S/C12H17N3/c1-9(6-13)5-11-3-4-12-10(2)14-8-15(12)7-11/h3-4,7-9H,5-6,13H2,1-2H3. The summed E-state index contributed by atoms with van der Waals surface area (Å²) in [4.78, 5) is 4.27. The fourth-order valence-electron chi connectivity index (χ4n) is 1.79. The first kappa shape index (κ1) is 10.2. The lowest BCUT2D eigenvalue weighted by Crippen LogP contribution is -2.13. The summed E-state index contributed by atoms with van der Waals surface area (Å²) in [5.74, 6) is 0.534. The molecule has 0 aliphatic heterocycles. The molecule has 3 heteroatoms. The summed E-state index contributed by atoms with van der Waals surface area (Å²) in [6, 6.07) is 4.29. The van der Waals surface area contributed by atoms with Gasteiger partial charge >= 0.3 is 0 Å². The van der Waals surface area contributed by atoms with Gasteiger partial charge < -0.3 is 10.1 Å². The molecular weight excluding hydrogens is 186 g/mol. The molecule has 2 aromatic heterocycles. The van der Waals surface area contributed by atoms with E-state index in [-0.39, 0.29) is 0 Å². The van der Waals surface area contributed by atoms with Crippen LogP contribution in [0.1, 0.15) is 18.2 Å². The highest BCUT2D eigenvalue weighted by atomic mass is 15.0. The highest BCUT2D eigenvalue weighted by Crippen LogP contribution is 2.12. The van der Waals surface area contributed by atoms with Crippen LogP contribution in [0.4, 0.5) is 0 Å². The van der Waals surface area contributed by atoms with E-state index in [1.54, 1.807) is 0 Å². The average Bonchev–Trinajstić information content (AvgIpc) is 2.60. The molecule has 0 aliphatic rings. The van der Waals surface area contributed by atoms with Gasteiger partial charge in [-0.05, 0) is 37.4 Å². The molecule has 0 amide bonds. The number of hydrogen-bond donors (Lipinski definition) is 1. The molecule has 0 saturated carbocycles. The Morgan fingerprint density at radius 2 is 2.27 bits per heavy atom. The summed E-state index contributed by atoms with van der Waals surface area (Å²) in [7, 11) is 0. The van der Waals surface area contributed by atoms with Crippen molar-refractivity contribution in [3.8, 4) is 0 Å². The molecule has 0 spiro atoms. The third kappa shape index (κ3) is 2.02. The molecule has 15 heavy (non-hydrogen) atoms. The molecule has 3 nitrogen and oxygen atoms in total. The number of rotatable bonds is 3. The van der Waals surface area contributed by atoms with Gasteiger partial charge in [-0.2, -0.15) is 0 Å². The predicted octanol–water partition coefficient (Wildman–Crippen LogP) is 1.78. The summed E-state index contributed by atoms with van der Waals surface area (Å²) < 4.78 is 2.08. The van der Waals surface area contributed by atoms with Crippen LogP contribution >= 0.6 is 0 Å². The second kappa shape index (κ2) is 4.03. The zero-order chi connectivity index (χ0) is 10.8. The van der Waals surface area contributed by atoms with Gasteiger partial charge in [0.25, 0.3) is 0 Å². The van der Waals surface area contributed by atoms with Gasteiger partial charge in [-0.15, -0.1) is 0 Å². The summed E-state index contributed by atoms with van der Waals surface area (Å²) in [5.41, 5.74) is 9.19. The average molecular weight is 203 g/mol. The quantitative estimate of drug-likeness (QED) is 0.826. The number of aromatic nitrogens is 2. The minimum atomic E-state index is 0.534. The van der Waals surface area contributed by atoms with E-state index in [0.29, 0.717) is 5.92 Å². The fraction of sp³-hybridized carbons (Fsp3) is 0.417. The van der Waals surface area contributed by atoms with Crippen molar-refractivity contribution in [2.24, 2.45) is 11.7 Å². The number of pyridine rings is 1. The highest BCUT2D eigenvalue weighted by molar-refractivity contribution is 5.51. The summed E-state index contributed by atoms with van der Waals surface area (Å²) in [6.07, 6.45) is 5.03. The molecule has 0 aromatic carbocycles. The summed E-state index contributed by atoms with van der Waals surface area (Å²) in [6.45, 7) is 4.93. The molecule has 2 heterocycles. The van der Waals surface area contributed by atoms with E-state index < -0.39 is 0 Å². The predicted molar refractivity (Wildman–Crippen MR) is 61.9 cm³/mol. The molecule has 2 N–H and O–H groups in total. The number of hydrogen-bond acceptors (Lipinski definition) is 2. The van der Waals surface area contributed by atoms with E-state index in [4.69, 9.17) is 5.73 Å². The van der Waals surface area contributed by atoms with Crippen LogP contribution in [0.2, 0.25) is 0 Å². The molecule has 0 saturated heterocycles. The maximum atomic E-state index is 5.62. The van der Waals surface area contributed by atoms with E-state index in [1.807, 2.05) is 13.3 Å². The second-order valence-electron chi connectivity index (χ2n) is 4.20. The lowest BCUT2D eigenvalue weighted by Gasteiger charge is -2.08. The molecule has 0 bridgehead atoms. The molecule has 80 valence electrons. The Morgan fingerprint density at radius 1 is 1.47 bits per heavy atom. The van der Waals surface area contributed by atoms with Crippen LogP contribution in [0.3, 0.4) is 0 Å². The van der Waals surface area contributed by atoms with Gasteiger partial charge in [-0.25, -0.2) is 4.98 Å². The Kier molecular flexibility index (Phi) is 2.73. The van der Waals surface area contributed by atoms with Crippen LogP contribution in [-0.4, -0.2) is 15.9 Å². The van der Waals surface area contributed by atoms with Gasteiger partial charge in [-0.1, -0.05) is 13.0 Å². The van der Waals surface area contributed by atoms with Crippen LogP contribution < -0.4 is 5.73 Å². The van der Waals surface area contributed by atoms with Crippen LogP contribution in [0.15, 0.2) is 24.7 Å². The minimum absolute atomic E-state index is 0.534. The normalized spacial score (nSPS) is 13.3. The van der Waals surface area contributed by atoms with Crippen LogP contribution in [0.5, 0.6) is 0 Å². The lowest BCUT2D eigenvalue weighted by atomic mass is 10.0. The molecule has 2 aromatic rings. The summed E-state index contributed by atoms with van der Waals surface area (Å²) in [5, 5.41) is 0. The number of fused-ring (bicyclic) bond motifs is 1. The lowest BCUT2D eigenvalue weighted by molar-refractivity contribution is 0.591. The van der Waals surface area contributed by atoms with Crippen molar-refractivity contribution in [1.29, 1.82) is 0 Å². The topological polar surface area (TPSA) is 43.3 Å². The van der Waals surface area contributed by atoms with Crippen LogP contribution in [-0.2, 0) is 6.42 Å². The van der Waals surface area contributed by atoms with Crippen LogP contribution in [0.25, 0.3) is 5.52 Å². The monoisotopic (exact) mass is 203 g/mol. The summed E-state index contributed by atoms with van der Waals surface area (Å²) >= 11 is 0. The van der Waals surface area contributed by atoms with E-state index >= 15 is 0 Å². The Labute approximate surface area is 89.9 Å². The maximum Gasteiger partial charge on any atom is 0.0995 e. The molecular formula is C12H17N3. The van der Waals surface area contributed by atoms with Gasteiger partial charge in [0.2, 0.25) is 0 Å². The number of nitrogens with two attached hydrogens (primary N) is 1. The van der Waals surface area contributed by atoms with Gasteiger partial charge in [0, 0.05) is 6.20 Å². The third-order valence-electron chi connectivity index (χ3n) is 2.77. The fourth-order valence-corrected chi connectivity index (χ4v) is 1.79. The molecule has 2 rings (SSSR count). The number of aryl methyl sites for hydroxylation is 1. The van der Waals surface area contributed by atoms with Crippen molar-refractivity contribution in [1.82, 2.24) is 9.38 Å². The largest absolute Gasteiger partial charge is 0.330 e. The first-order valence-corrected chi connectivity index (χ1v) is 5.33. The second-order valence-corrected chi connectivity index (χ2v) is 4.20. The molecule has 1 atom stereocenters. The van der Waals surface area contributed by atoms with Crippen molar-refractivity contribution >= 4 is 5.52 Å². The molecule has 0 aliphatic carbocycles. The Hall–Kier alpha value is -1.35. The molecule has 0 fully saturated rings. The van der Waals surface area contributed by atoms with E-state index in [2.05, 4.69) is 34.6 Å². The van der Waals surface area contributed by atoms with E-state index in [9.17, 15) is 0 Å². The van der Waals surface area contributed by atoms with Crippen molar-refractivity contribution in [2.75, 3.05) is 6.54 Å². The van der Waals surface area contributed by atoms with Gasteiger partial charge in [0.15, 0.2) is 0 Å². The zero-order valence-corrected chi connectivity index (χ0v) is 9.27. The van der Waals surface area contributed by atoms with Crippen molar-refractivity contribution in [2.45, 2.75) is 20.3 Å². The van der Waals surface area contributed by atoms with Crippen molar-refractivity contribution < 1.29 is 0 Å². The smallest absolute Gasteiger partial charge is 0.0995 e. The first-order valence-electron chi connectivity index (χ1n) is 5.33. The number of imidazole rings is 1. The molecule has 0 radical (unpaired) electrons. The molecule has 1 unspecified atom stereocenters. The zero-order valence-electron chi connectivity index (χ0n) is 9.27. The van der Waals surface area contributed by atoms with Crippen molar-refractivity contribution in [3.05, 3.63) is 35.9 Å². The van der Waals surface area contributed by atoms with Gasteiger partial charge in [0.05, 0.1) is 17.5 Å². The highest BCUT2D eigenvalue weighted by Gasteiger charge is 2.04. The van der Waals surface area contributed by atoms with Crippen LogP contribution in [0, 0.1) is 12.8 Å². The minimum Gasteiger partial charge on any atom is -0.330 e. The third-order valence-corrected chi connectivity index (χ3v) is 2.77. The first-order chi connectivity index (χ1) is 7.20. The van der Waals surface area contributed by atoms with Gasteiger partial charge in [0.1, 0.15) is 0 Å². The van der Waals surface area contributed by atoms with Gasteiger partial charge in [-0.3, -0.25) is 0 Å². The Morgan fingerprint density at radius 3 is 3.00 bits per heavy atom. The Balaban J connectivity index is 2.31. The number of nitrogens with zero attached hydrogens (tertiary/aromatic N) is 2. The van der Waals surface area contributed by atoms with E-state index in [0.717, 1.165) is 18.7 Å². The SMILES string of the molecule is Cc1ncn2cc(CC(C)CN)ccc12. The van der Waals surface area contributed by atoms with E-state index in [1.165, 1.54) is 11.1 Å². The maximum absolute atomic E-state index is 5.62. The van der Waals surface area contributed by atoms with Crippen molar-refractivity contribution in [3.63, 3.8) is 0 Å².